The maximum Gasteiger partial charge on any atom is 0.194 e. The molecule has 2 aliphatic heterocycles. The lowest BCUT2D eigenvalue weighted by Crippen LogP contribution is -2.46. The number of rotatable bonds is 4. The number of nitrogens with one attached hydrogen (secondary N) is 1. The second-order valence-corrected chi connectivity index (χ2v) is 7.72. The van der Waals surface area contributed by atoms with Crippen molar-refractivity contribution in [1.29, 1.82) is 0 Å². The molecule has 27 heavy (non-hydrogen) atoms. The van der Waals surface area contributed by atoms with Gasteiger partial charge in [-0.2, -0.15) is 0 Å². The molecule has 2 aliphatic rings. The van der Waals surface area contributed by atoms with Gasteiger partial charge in [-0.05, 0) is 56.2 Å². The minimum atomic E-state index is -0.153. The van der Waals surface area contributed by atoms with Gasteiger partial charge in [0.25, 0.3) is 0 Å². The van der Waals surface area contributed by atoms with E-state index in [1.165, 1.54) is 37.2 Å². The Balaban J connectivity index is 0.00000261. The van der Waals surface area contributed by atoms with Crippen LogP contribution >= 0.6 is 24.0 Å². The van der Waals surface area contributed by atoms with Crippen LogP contribution in [0.3, 0.4) is 0 Å². The van der Waals surface area contributed by atoms with Crippen LogP contribution in [0.4, 0.5) is 5.69 Å². The third kappa shape index (κ3) is 6.52. The van der Waals surface area contributed by atoms with Crippen LogP contribution < -0.4 is 10.2 Å². The zero-order chi connectivity index (χ0) is 18.4. The number of hydrogen-bond acceptors (Lipinski definition) is 3. The summed E-state index contributed by atoms with van der Waals surface area (Å²) >= 11 is 0. The average molecular weight is 486 g/mol. The van der Waals surface area contributed by atoms with Crippen molar-refractivity contribution in [2.24, 2.45) is 10.9 Å². The summed E-state index contributed by atoms with van der Waals surface area (Å²) < 4.78 is 0. The molecule has 2 fully saturated rings. The average Bonchev–Trinajstić information content (AvgIpc) is 2.67. The topological polar surface area (TPSA) is 51.1 Å². The summed E-state index contributed by atoms with van der Waals surface area (Å²) in [6.07, 6.45) is 4.09. The van der Waals surface area contributed by atoms with Gasteiger partial charge in [-0.15, -0.1) is 24.0 Å². The Bertz CT molecular complexity index is 576. The maximum absolute atomic E-state index is 9.70. The Morgan fingerprint density at radius 3 is 2.30 bits per heavy atom. The molecule has 152 valence electrons. The van der Waals surface area contributed by atoms with Gasteiger partial charge in [-0.25, -0.2) is 4.99 Å². The molecule has 0 aromatic heterocycles. The molecule has 5 nitrogen and oxygen atoms in total. The molecule has 2 N–H and O–H groups in total. The number of halogens is 1. The minimum absolute atomic E-state index is 0. The van der Waals surface area contributed by atoms with E-state index in [9.17, 15) is 5.11 Å². The second kappa shape index (κ2) is 11.1. The molecule has 0 atom stereocenters. The van der Waals surface area contributed by atoms with Crippen molar-refractivity contribution >= 4 is 35.6 Å². The minimum Gasteiger partial charge on any atom is -0.393 e. The summed E-state index contributed by atoms with van der Waals surface area (Å²) in [5.74, 6) is 1.83. The molecule has 3 rings (SSSR count). The number of benzene rings is 1. The molecule has 0 saturated carbocycles. The number of nitrogens with zero attached hydrogens (tertiary/aromatic N) is 3. The largest absolute Gasteiger partial charge is 0.393 e. The van der Waals surface area contributed by atoms with E-state index in [0.717, 1.165) is 44.4 Å². The van der Waals surface area contributed by atoms with E-state index in [1.807, 2.05) is 0 Å². The summed E-state index contributed by atoms with van der Waals surface area (Å²) in [6, 6.07) is 8.90. The number of piperidine rings is 2. The lowest BCUT2D eigenvalue weighted by atomic mass is 9.99. The van der Waals surface area contributed by atoms with E-state index < -0.39 is 0 Å². The molecule has 1 aromatic rings. The predicted molar refractivity (Wildman–Crippen MR) is 124 cm³/mol. The van der Waals surface area contributed by atoms with E-state index in [0.29, 0.717) is 6.54 Å². The third-order valence-corrected chi connectivity index (χ3v) is 5.60. The van der Waals surface area contributed by atoms with E-state index in [4.69, 9.17) is 4.99 Å². The molecule has 0 bridgehead atoms. The molecule has 2 saturated heterocycles. The van der Waals surface area contributed by atoms with Crippen LogP contribution in [-0.4, -0.2) is 54.8 Å². The van der Waals surface area contributed by atoms with E-state index in [-0.39, 0.29) is 30.1 Å². The fourth-order valence-corrected chi connectivity index (χ4v) is 3.75. The van der Waals surface area contributed by atoms with Crippen molar-refractivity contribution < 1.29 is 5.11 Å². The van der Waals surface area contributed by atoms with Gasteiger partial charge < -0.3 is 20.2 Å². The third-order valence-electron chi connectivity index (χ3n) is 5.60. The van der Waals surface area contributed by atoms with Crippen molar-refractivity contribution in [1.82, 2.24) is 10.2 Å². The zero-order valence-electron chi connectivity index (χ0n) is 16.7. The van der Waals surface area contributed by atoms with Gasteiger partial charge in [0, 0.05) is 38.4 Å². The van der Waals surface area contributed by atoms with Crippen LogP contribution in [-0.2, 0) is 6.54 Å². The Morgan fingerprint density at radius 1 is 1.07 bits per heavy atom. The predicted octanol–water partition coefficient (Wildman–Crippen LogP) is 3.46. The van der Waals surface area contributed by atoms with Gasteiger partial charge in [0.15, 0.2) is 5.96 Å². The first-order valence-electron chi connectivity index (χ1n) is 10.2. The Morgan fingerprint density at radius 2 is 1.70 bits per heavy atom. The Labute approximate surface area is 181 Å². The maximum atomic E-state index is 9.70. The molecular formula is C21H35IN4O. The highest BCUT2D eigenvalue weighted by Gasteiger charge is 2.19. The molecular weight excluding hydrogens is 451 g/mol. The number of guanidine groups is 1. The van der Waals surface area contributed by atoms with Gasteiger partial charge in [0.05, 0.1) is 12.6 Å². The first-order valence-corrected chi connectivity index (χ1v) is 10.2. The lowest BCUT2D eigenvalue weighted by Gasteiger charge is -2.32. The number of aliphatic hydroxyl groups excluding tert-OH is 1. The van der Waals surface area contributed by atoms with Crippen molar-refractivity contribution in [2.75, 3.05) is 37.6 Å². The highest BCUT2D eigenvalue weighted by molar-refractivity contribution is 14.0. The molecule has 0 aliphatic carbocycles. The summed E-state index contributed by atoms with van der Waals surface area (Å²) in [7, 11) is 0. The standard InChI is InChI=1S/C21H34N4O.HI/c1-3-22-21(25-14-10-20(26)11-15-25)23-16-18-4-6-19(7-5-18)24-12-8-17(2)9-13-24;/h4-7,17,20,26H,3,8-16H2,1-2H3,(H,22,23);1H. The summed E-state index contributed by atoms with van der Waals surface area (Å²) in [5.41, 5.74) is 2.58. The van der Waals surface area contributed by atoms with Gasteiger partial charge >= 0.3 is 0 Å². The summed E-state index contributed by atoms with van der Waals surface area (Å²) in [6.45, 7) is 10.1. The van der Waals surface area contributed by atoms with Crippen LogP contribution in [0.1, 0.15) is 45.1 Å². The lowest BCUT2D eigenvalue weighted by molar-refractivity contribution is 0.108. The van der Waals surface area contributed by atoms with E-state index in [1.54, 1.807) is 0 Å². The van der Waals surface area contributed by atoms with Crippen LogP contribution in [0.15, 0.2) is 29.3 Å². The van der Waals surface area contributed by atoms with E-state index in [2.05, 4.69) is 53.2 Å². The van der Waals surface area contributed by atoms with Crippen LogP contribution in [0, 0.1) is 5.92 Å². The Kier molecular flexibility index (Phi) is 9.15. The van der Waals surface area contributed by atoms with Crippen molar-refractivity contribution in [2.45, 2.75) is 52.2 Å². The smallest absolute Gasteiger partial charge is 0.194 e. The van der Waals surface area contributed by atoms with Gasteiger partial charge in [-0.1, -0.05) is 19.1 Å². The SMILES string of the molecule is CCNC(=NCc1ccc(N2CCC(C)CC2)cc1)N1CCC(O)CC1.I. The van der Waals surface area contributed by atoms with Gasteiger partial charge in [0.1, 0.15) is 0 Å². The molecule has 1 aromatic carbocycles. The quantitative estimate of drug-likeness (QED) is 0.389. The number of aliphatic hydroxyl groups is 1. The normalized spacial score (nSPS) is 19.7. The molecule has 0 radical (unpaired) electrons. The summed E-state index contributed by atoms with van der Waals surface area (Å²) in [5, 5.41) is 13.1. The Hall–Kier alpha value is -1.02. The second-order valence-electron chi connectivity index (χ2n) is 7.72. The fourth-order valence-electron chi connectivity index (χ4n) is 3.75. The molecule has 0 amide bonds. The van der Waals surface area contributed by atoms with Gasteiger partial charge in [0.2, 0.25) is 0 Å². The number of anilines is 1. The first-order chi connectivity index (χ1) is 12.7. The molecule has 0 spiro atoms. The molecule has 6 heteroatoms. The molecule has 2 heterocycles. The monoisotopic (exact) mass is 486 g/mol. The zero-order valence-corrected chi connectivity index (χ0v) is 19.1. The highest BCUT2D eigenvalue weighted by atomic mass is 127. The van der Waals surface area contributed by atoms with Crippen LogP contribution in [0.2, 0.25) is 0 Å². The number of likely N-dealkylation sites (tertiary alicyclic amines) is 1. The molecule has 0 unspecified atom stereocenters. The number of aliphatic imine (C=N–C) groups is 1. The first kappa shape index (κ1) is 22.3. The van der Waals surface area contributed by atoms with E-state index >= 15 is 0 Å². The van der Waals surface area contributed by atoms with Crippen LogP contribution in [0.5, 0.6) is 0 Å². The van der Waals surface area contributed by atoms with Gasteiger partial charge in [-0.3, -0.25) is 0 Å². The van der Waals surface area contributed by atoms with Crippen molar-refractivity contribution in [3.8, 4) is 0 Å². The highest BCUT2D eigenvalue weighted by Crippen LogP contribution is 2.23. The fraction of sp³-hybridized carbons (Fsp3) is 0.667. The van der Waals surface area contributed by atoms with Crippen LogP contribution in [0.25, 0.3) is 0 Å². The number of hydrogen-bond donors (Lipinski definition) is 2. The van der Waals surface area contributed by atoms with Crippen molar-refractivity contribution in [3.63, 3.8) is 0 Å². The van der Waals surface area contributed by atoms with Crippen molar-refractivity contribution in [3.05, 3.63) is 29.8 Å². The summed E-state index contributed by atoms with van der Waals surface area (Å²) in [4.78, 5) is 9.58.